The standard InChI is InChI=1S/C16H25N3O.2ClH/c1-16(2,3)14(17)15(20)18-12-9-10-19(11-12)13-7-5-4-6-8-13;;/h4-8,12,14H,9-11,17H2,1-3H3,(H,18,20);2*1H/t12?,14-;;/m1../s1. The van der Waals surface area contributed by atoms with Crippen molar-refractivity contribution in [2.75, 3.05) is 18.0 Å². The highest BCUT2D eigenvalue weighted by atomic mass is 35.5. The summed E-state index contributed by atoms with van der Waals surface area (Å²) in [4.78, 5) is 14.4. The number of carbonyl (C=O) groups is 1. The van der Waals surface area contributed by atoms with Gasteiger partial charge in [0, 0.05) is 24.8 Å². The molecule has 0 aliphatic carbocycles. The Morgan fingerprint density at radius 1 is 1.27 bits per heavy atom. The Morgan fingerprint density at radius 3 is 2.41 bits per heavy atom. The molecule has 0 spiro atoms. The highest BCUT2D eigenvalue weighted by Gasteiger charge is 2.31. The van der Waals surface area contributed by atoms with Gasteiger partial charge in [0.15, 0.2) is 0 Å². The number of nitrogens with two attached hydrogens (primary N) is 1. The van der Waals surface area contributed by atoms with E-state index in [2.05, 4.69) is 22.3 Å². The highest BCUT2D eigenvalue weighted by Crippen LogP contribution is 2.21. The molecular weight excluding hydrogens is 321 g/mol. The third-order valence-corrected chi connectivity index (χ3v) is 3.87. The van der Waals surface area contributed by atoms with E-state index < -0.39 is 6.04 Å². The van der Waals surface area contributed by atoms with Crippen molar-refractivity contribution in [1.29, 1.82) is 0 Å². The number of hydrogen-bond acceptors (Lipinski definition) is 3. The Hall–Kier alpha value is -0.970. The molecule has 6 heteroatoms. The summed E-state index contributed by atoms with van der Waals surface area (Å²) in [6.45, 7) is 7.79. The Kier molecular flexibility index (Phi) is 8.23. The third kappa shape index (κ3) is 5.34. The first kappa shape index (κ1) is 21.0. The molecule has 3 N–H and O–H groups in total. The van der Waals surface area contributed by atoms with Crippen molar-refractivity contribution in [3.8, 4) is 0 Å². The molecule has 2 rings (SSSR count). The zero-order chi connectivity index (χ0) is 14.8. The summed E-state index contributed by atoms with van der Waals surface area (Å²) >= 11 is 0. The molecule has 22 heavy (non-hydrogen) atoms. The monoisotopic (exact) mass is 347 g/mol. The maximum absolute atomic E-state index is 12.1. The van der Waals surface area contributed by atoms with E-state index in [1.807, 2.05) is 39.0 Å². The second-order valence-corrected chi connectivity index (χ2v) is 6.62. The van der Waals surface area contributed by atoms with Crippen LogP contribution in [0.2, 0.25) is 0 Å². The summed E-state index contributed by atoms with van der Waals surface area (Å²) in [5.41, 5.74) is 7.00. The number of halogens is 2. The van der Waals surface area contributed by atoms with Crippen LogP contribution < -0.4 is 16.0 Å². The summed E-state index contributed by atoms with van der Waals surface area (Å²) in [6, 6.07) is 10.0. The zero-order valence-corrected chi connectivity index (χ0v) is 15.0. The third-order valence-electron chi connectivity index (χ3n) is 3.87. The molecule has 1 saturated heterocycles. The lowest BCUT2D eigenvalue weighted by molar-refractivity contribution is -0.125. The highest BCUT2D eigenvalue weighted by molar-refractivity contribution is 5.85. The molecule has 126 valence electrons. The minimum absolute atomic E-state index is 0. The Labute approximate surface area is 145 Å². The molecule has 1 fully saturated rings. The molecule has 1 unspecified atom stereocenters. The molecule has 2 atom stereocenters. The lowest BCUT2D eigenvalue weighted by atomic mass is 9.87. The molecular formula is C16H27Cl2N3O. The van der Waals surface area contributed by atoms with Gasteiger partial charge in [-0.05, 0) is 24.0 Å². The van der Waals surface area contributed by atoms with E-state index in [0.29, 0.717) is 0 Å². The van der Waals surface area contributed by atoms with E-state index in [1.165, 1.54) is 5.69 Å². The van der Waals surface area contributed by atoms with Crippen molar-refractivity contribution >= 4 is 36.4 Å². The van der Waals surface area contributed by atoms with Crippen LogP contribution in [0.3, 0.4) is 0 Å². The van der Waals surface area contributed by atoms with Gasteiger partial charge in [-0.3, -0.25) is 4.79 Å². The first-order chi connectivity index (χ1) is 9.38. The van der Waals surface area contributed by atoms with Crippen LogP contribution in [0, 0.1) is 5.41 Å². The van der Waals surface area contributed by atoms with Crippen LogP contribution in [0.4, 0.5) is 5.69 Å². The van der Waals surface area contributed by atoms with Gasteiger partial charge in [-0.25, -0.2) is 0 Å². The number of nitrogens with one attached hydrogen (secondary N) is 1. The molecule has 1 aliphatic rings. The smallest absolute Gasteiger partial charge is 0.237 e. The largest absolute Gasteiger partial charge is 0.369 e. The number of carbonyl (C=O) groups excluding carboxylic acids is 1. The second-order valence-electron chi connectivity index (χ2n) is 6.62. The van der Waals surface area contributed by atoms with E-state index >= 15 is 0 Å². The molecule has 0 saturated carbocycles. The van der Waals surface area contributed by atoms with Gasteiger partial charge in [0.2, 0.25) is 5.91 Å². The van der Waals surface area contributed by atoms with Crippen molar-refractivity contribution in [3.05, 3.63) is 30.3 Å². The fraction of sp³-hybridized carbons (Fsp3) is 0.562. The molecule has 1 aromatic carbocycles. The number of rotatable bonds is 3. The molecule has 0 radical (unpaired) electrons. The van der Waals surface area contributed by atoms with Crippen molar-refractivity contribution in [1.82, 2.24) is 5.32 Å². The van der Waals surface area contributed by atoms with Gasteiger partial charge in [0.05, 0.1) is 6.04 Å². The van der Waals surface area contributed by atoms with Crippen LogP contribution in [0.1, 0.15) is 27.2 Å². The van der Waals surface area contributed by atoms with E-state index in [0.717, 1.165) is 19.5 Å². The predicted octanol–water partition coefficient (Wildman–Crippen LogP) is 2.60. The van der Waals surface area contributed by atoms with Crippen LogP contribution in [0.15, 0.2) is 30.3 Å². The van der Waals surface area contributed by atoms with E-state index in [4.69, 9.17) is 5.73 Å². The minimum atomic E-state index is -0.465. The van der Waals surface area contributed by atoms with Gasteiger partial charge >= 0.3 is 0 Å². The van der Waals surface area contributed by atoms with E-state index in [-0.39, 0.29) is 42.2 Å². The molecule has 0 bridgehead atoms. The molecule has 1 aromatic rings. The Morgan fingerprint density at radius 2 is 1.86 bits per heavy atom. The molecule has 0 aromatic heterocycles. The van der Waals surface area contributed by atoms with E-state index in [9.17, 15) is 4.79 Å². The Balaban J connectivity index is 0.00000220. The van der Waals surface area contributed by atoms with Crippen molar-refractivity contribution in [2.24, 2.45) is 11.1 Å². The number of anilines is 1. The van der Waals surface area contributed by atoms with Crippen molar-refractivity contribution in [3.63, 3.8) is 0 Å². The van der Waals surface area contributed by atoms with Gasteiger partial charge in [0.25, 0.3) is 0 Å². The quantitative estimate of drug-likeness (QED) is 0.883. The number of amides is 1. The summed E-state index contributed by atoms with van der Waals surface area (Å²) in [5.74, 6) is -0.0441. The van der Waals surface area contributed by atoms with Gasteiger partial charge in [-0.2, -0.15) is 0 Å². The summed E-state index contributed by atoms with van der Waals surface area (Å²) in [7, 11) is 0. The summed E-state index contributed by atoms with van der Waals surface area (Å²) in [6.07, 6.45) is 0.970. The molecule has 1 amide bonds. The Bertz CT molecular complexity index is 462. The number of para-hydroxylation sites is 1. The maximum atomic E-state index is 12.1. The van der Waals surface area contributed by atoms with Crippen LogP contribution in [0.25, 0.3) is 0 Å². The minimum Gasteiger partial charge on any atom is -0.369 e. The van der Waals surface area contributed by atoms with Crippen molar-refractivity contribution < 1.29 is 4.79 Å². The van der Waals surface area contributed by atoms with Gasteiger partial charge < -0.3 is 16.0 Å². The van der Waals surface area contributed by atoms with Crippen LogP contribution >= 0.6 is 24.8 Å². The second kappa shape index (κ2) is 8.61. The van der Waals surface area contributed by atoms with Crippen LogP contribution in [-0.2, 0) is 4.79 Å². The topological polar surface area (TPSA) is 58.4 Å². The fourth-order valence-corrected chi connectivity index (χ4v) is 2.44. The molecule has 4 nitrogen and oxygen atoms in total. The predicted molar refractivity (Wildman–Crippen MR) is 97.1 cm³/mol. The number of nitrogens with zero attached hydrogens (tertiary/aromatic N) is 1. The van der Waals surface area contributed by atoms with Gasteiger partial charge in [-0.15, -0.1) is 24.8 Å². The summed E-state index contributed by atoms with van der Waals surface area (Å²) < 4.78 is 0. The first-order valence-corrected chi connectivity index (χ1v) is 7.24. The number of hydrogen-bond donors (Lipinski definition) is 2. The average molecular weight is 348 g/mol. The molecule has 1 heterocycles. The average Bonchev–Trinajstić information content (AvgIpc) is 2.86. The van der Waals surface area contributed by atoms with Gasteiger partial charge in [0.1, 0.15) is 0 Å². The van der Waals surface area contributed by atoms with Gasteiger partial charge in [-0.1, -0.05) is 39.0 Å². The van der Waals surface area contributed by atoms with E-state index in [1.54, 1.807) is 0 Å². The maximum Gasteiger partial charge on any atom is 0.237 e. The first-order valence-electron chi connectivity index (χ1n) is 7.24. The fourth-order valence-electron chi connectivity index (χ4n) is 2.44. The normalized spacial score (nSPS) is 18.9. The summed E-state index contributed by atoms with van der Waals surface area (Å²) in [5, 5.41) is 3.08. The molecule has 1 aliphatic heterocycles. The SMILES string of the molecule is CC(C)(C)[C@H](N)C(=O)NC1CCN(c2ccccc2)C1.Cl.Cl. The lowest BCUT2D eigenvalue weighted by Crippen LogP contribution is -2.51. The van der Waals surface area contributed by atoms with Crippen molar-refractivity contribution in [2.45, 2.75) is 39.3 Å². The lowest BCUT2D eigenvalue weighted by Gasteiger charge is -2.27. The van der Waals surface area contributed by atoms with Crippen LogP contribution in [-0.4, -0.2) is 31.1 Å². The zero-order valence-electron chi connectivity index (χ0n) is 13.4. The number of benzene rings is 1. The van der Waals surface area contributed by atoms with Crippen LogP contribution in [0.5, 0.6) is 0 Å².